The van der Waals surface area contributed by atoms with E-state index in [2.05, 4.69) is 10.2 Å². The zero-order valence-electron chi connectivity index (χ0n) is 28.9. The van der Waals surface area contributed by atoms with Crippen molar-refractivity contribution in [3.05, 3.63) is 64.8 Å². The Labute approximate surface area is 283 Å². The number of hydrogen-bond acceptors (Lipinski definition) is 7. The van der Waals surface area contributed by atoms with E-state index in [0.717, 1.165) is 84.8 Å². The molecule has 2 aromatic carbocycles. The number of anilines is 1. The van der Waals surface area contributed by atoms with E-state index in [0.29, 0.717) is 18.7 Å². The van der Waals surface area contributed by atoms with Crippen LogP contribution in [0.2, 0.25) is 0 Å². The smallest absolute Gasteiger partial charge is 0.257 e. The Balaban J connectivity index is 1.15. The monoisotopic (exact) mass is 658 g/mol. The molecule has 3 aliphatic rings. The van der Waals surface area contributed by atoms with Crippen LogP contribution in [0.15, 0.2) is 42.6 Å². The van der Waals surface area contributed by atoms with Crippen LogP contribution >= 0.6 is 0 Å². The third-order valence-electron chi connectivity index (χ3n) is 10.9. The summed E-state index contributed by atoms with van der Waals surface area (Å²) in [4.78, 5) is 43.1. The second-order valence-corrected chi connectivity index (χ2v) is 14.0. The summed E-state index contributed by atoms with van der Waals surface area (Å²) in [6.07, 6.45) is 7.68. The summed E-state index contributed by atoms with van der Waals surface area (Å²) in [6.45, 7) is 6.64. The molecule has 10 nitrogen and oxygen atoms in total. The number of aromatic nitrogens is 1. The number of para-hydroxylation sites is 1. The standard InChI is InChI=1S/C38H50N4O6/c1-24-15-33(39-38(45)32-19-40(3)34-9-7-6-8-31(32)34)25(2)14-27(24)16-37(44)42-18-28(41-20-35(46-4)36(21-41)47-5)17-29(42)23-48-30-12-10-26(22-43)11-13-30/h6-9,14-15,19,22,26,28-30,35-36H,10-13,16-18,20-21,23H2,1-5H3,(H,39,45)/t26-,28-,29-,30-,35-,36?/m0/s1. The van der Waals surface area contributed by atoms with Gasteiger partial charge in [0.05, 0.1) is 42.9 Å². The second kappa shape index (κ2) is 14.9. The Morgan fingerprint density at radius 1 is 0.958 bits per heavy atom. The topological polar surface area (TPSA) is 102 Å². The fourth-order valence-corrected chi connectivity index (χ4v) is 7.96. The number of rotatable bonds is 11. The van der Waals surface area contributed by atoms with E-state index in [1.54, 1.807) is 14.2 Å². The van der Waals surface area contributed by atoms with E-state index in [1.807, 2.05) is 73.0 Å². The van der Waals surface area contributed by atoms with Crippen LogP contribution in [0.5, 0.6) is 0 Å². The number of hydrogen-bond donors (Lipinski definition) is 1. The molecule has 258 valence electrons. The molecule has 1 aromatic heterocycles. The Morgan fingerprint density at radius 2 is 1.67 bits per heavy atom. The van der Waals surface area contributed by atoms with Crippen LogP contribution < -0.4 is 5.32 Å². The lowest BCUT2D eigenvalue weighted by molar-refractivity contribution is -0.133. The predicted molar refractivity (Wildman–Crippen MR) is 185 cm³/mol. The van der Waals surface area contributed by atoms with Crippen LogP contribution in [0.4, 0.5) is 5.69 Å². The van der Waals surface area contributed by atoms with Gasteiger partial charge < -0.3 is 33.8 Å². The van der Waals surface area contributed by atoms with E-state index in [9.17, 15) is 14.4 Å². The lowest BCUT2D eigenvalue weighted by Gasteiger charge is -2.29. The number of methoxy groups -OCH3 is 2. The number of carbonyl (C=O) groups is 3. The molecule has 48 heavy (non-hydrogen) atoms. The molecule has 0 bridgehead atoms. The lowest BCUT2D eigenvalue weighted by atomic mass is 9.88. The van der Waals surface area contributed by atoms with Gasteiger partial charge in [-0.25, -0.2) is 0 Å². The van der Waals surface area contributed by atoms with Crippen molar-refractivity contribution in [1.82, 2.24) is 14.4 Å². The van der Waals surface area contributed by atoms with E-state index >= 15 is 0 Å². The van der Waals surface area contributed by atoms with E-state index in [1.165, 1.54) is 0 Å². The maximum atomic E-state index is 14.1. The van der Waals surface area contributed by atoms with Crippen LogP contribution in [0.25, 0.3) is 10.9 Å². The molecule has 3 fully saturated rings. The maximum Gasteiger partial charge on any atom is 0.257 e. The average molecular weight is 659 g/mol. The normalized spacial score (nSPS) is 26.3. The summed E-state index contributed by atoms with van der Waals surface area (Å²) >= 11 is 0. The van der Waals surface area contributed by atoms with Crippen molar-refractivity contribution in [1.29, 1.82) is 0 Å². The lowest BCUT2D eigenvalue weighted by Crippen LogP contribution is -2.41. The maximum absolute atomic E-state index is 14.1. The van der Waals surface area contributed by atoms with Crippen molar-refractivity contribution < 1.29 is 28.6 Å². The first-order chi connectivity index (χ1) is 23.2. The number of carbonyl (C=O) groups excluding carboxylic acids is 3. The van der Waals surface area contributed by atoms with Crippen molar-refractivity contribution in [2.75, 3.05) is 45.8 Å². The van der Waals surface area contributed by atoms with Crippen molar-refractivity contribution in [3.8, 4) is 0 Å². The third-order valence-corrected chi connectivity index (χ3v) is 10.9. The molecule has 3 heterocycles. The van der Waals surface area contributed by atoms with E-state index in [4.69, 9.17) is 14.2 Å². The molecule has 2 amide bonds. The summed E-state index contributed by atoms with van der Waals surface area (Å²) in [5, 5.41) is 4.03. The molecular weight excluding hydrogens is 608 g/mol. The number of ether oxygens (including phenoxy) is 3. The quantitative estimate of drug-likeness (QED) is 0.299. The molecule has 10 heteroatoms. The van der Waals surface area contributed by atoms with Gasteiger partial charge >= 0.3 is 0 Å². The van der Waals surface area contributed by atoms with Crippen molar-refractivity contribution in [2.24, 2.45) is 13.0 Å². The summed E-state index contributed by atoms with van der Waals surface area (Å²) in [7, 11) is 5.40. The number of benzene rings is 2. The minimum atomic E-state index is -0.156. The number of nitrogens with zero attached hydrogens (tertiary/aromatic N) is 3. The Morgan fingerprint density at radius 3 is 2.35 bits per heavy atom. The van der Waals surface area contributed by atoms with Gasteiger partial charge in [0.15, 0.2) is 0 Å². The first-order valence-electron chi connectivity index (χ1n) is 17.3. The summed E-state index contributed by atoms with van der Waals surface area (Å²) in [5.74, 6) is 0.0645. The van der Waals surface area contributed by atoms with Gasteiger partial charge in [-0.05, 0) is 74.8 Å². The molecule has 4 atom stereocenters. The van der Waals surface area contributed by atoms with Gasteiger partial charge in [-0.1, -0.05) is 24.3 Å². The fraction of sp³-hybridized carbons (Fsp3) is 0.553. The minimum absolute atomic E-state index is 0.00713. The van der Waals surface area contributed by atoms with Crippen molar-refractivity contribution >= 4 is 34.7 Å². The van der Waals surface area contributed by atoms with Gasteiger partial charge in [-0.3, -0.25) is 14.5 Å². The molecule has 1 N–H and O–H groups in total. The number of nitrogens with one attached hydrogen (secondary N) is 1. The summed E-state index contributed by atoms with van der Waals surface area (Å²) in [5.41, 5.74) is 5.20. The molecule has 2 aliphatic heterocycles. The number of amides is 2. The van der Waals surface area contributed by atoms with E-state index < -0.39 is 0 Å². The van der Waals surface area contributed by atoms with Gasteiger partial charge in [0.1, 0.15) is 6.29 Å². The molecular formula is C38H50N4O6. The highest BCUT2D eigenvalue weighted by Crippen LogP contribution is 2.31. The highest BCUT2D eigenvalue weighted by Gasteiger charge is 2.43. The SMILES string of the molecule is COC1CN([C@H]2C[C@@H](CO[C@H]3CC[C@H](C=O)CC3)N(C(=O)Cc3cc(C)c(NC(=O)c4cn(C)c5ccccc45)cc3C)C2)C[C@@H]1OC. The first kappa shape index (κ1) is 34.3. The molecule has 6 rings (SSSR count). The number of likely N-dealkylation sites (tertiary alicyclic amines) is 2. The van der Waals surface area contributed by atoms with Gasteiger partial charge in [0, 0.05) is 75.6 Å². The van der Waals surface area contributed by atoms with Crippen LogP contribution in [0, 0.1) is 19.8 Å². The summed E-state index contributed by atoms with van der Waals surface area (Å²) in [6, 6.07) is 12.0. The molecule has 1 saturated carbocycles. The number of aryl methyl sites for hydroxylation is 3. The van der Waals surface area contributed by atoms with Gasteiger partial charge in [0.25, 0.3) is 5.91 Å². The molecule has 2 saturated heterocycles. The average Bonchev–Trinajstić information content (AvgIpc) is 3.81. The largest absolute Gasteiger partial charge is 0.377 e. The molecule has 0 spiro atoms. The van der Waals surface area contributed by atoms with Gasteiger partial charge in [-0.2, -0.15) is 0 Å². The van der Waals surface area contributed by atoms with Gasteiger partial charge in [0.2, 0.25) is 5.91 Å². The van der Waals surface area contributed by atoms with Crippen molar-refractivity contribution in [2.45, 2.75) is 82.8 Å². The Hall–Kier alpha value is -3.57. The molecule has 3 aromatic rings. The van der Waals surface area contributed by atoms with Crippen LogP contribution in [0.3, 0.4) is 0 Å². The third kappa shape index (κ3) is 7.22. The Bertz CT molecular complexity index is 1620. The molecule has 0 radical (unpaired) electrons. The first-order valence-corrected chi connectivity index (χ1v) is 17.3. The fourth-order valence-electron chi connectivity index (χ4n) is 7.96. The highest BCUT2D eigenvalue weighted by atomic mass is 16.5. The van der Waals surface area contributed by atoms with Crippen LogP contribution in [0.1, 0.15) is 59.2 Å². The number of aldehydes is 1. The van der Waals surface area contributed by atoms with Crippen molar-refractivity contribution in [3.63, 3.8) is 0 Å². The van der Waals surface area contributed by atoms with E-state index in [-0.39, 0.29) is 54.5 Å². The van der Waals surface area contributed by atoms with Crippen LogP contribution in [-0.4, -0.2) is 103 Å². The number of fused-ring (bicyclic) bond motifs is 1. The van der Waals surface area contributed by atoms with Gasteiger partial charge in [-0.15, -0.1) is 0 Å². The predicted octanol–water partition coefficient (Wildman–Crippen LogP) is 4.68. The summed E-state index contributed by atoms with van der Waals surface area (Å²) < 4.78 is 19.8. The highest BCUT2D eigenvalue weighted by molar-refractivity contribution is 6.13. The molecule has 1 aliphatic carbocycles. The zero-order valence-corrected chi connectivity index (χ0v) is 28.9. The van der Waals surface area contributed by atoms with Crippen LogP contribution in [-0.2, 0) is 37.3 Å². The second-order valence-electron chi connectivity index (χ2n) is 14.0. The minimum Gasteiger partial charge on any atom is -0.377 e. The molecule has 1 unspecified atom stereocenters. The Kier molecular flexibility index (Phi) is 10.6. The zero-order chi connectivity index (χ0) is 33.9.